The van der Waals surface area contributed by atoms with Crippen LogP contribution in [-0.4, -0.2) is 11.1 Å². The molecule has 2 heteroatoms. The molecule has 0 heterocycles. The van der Waals surface area contributed by atoms with E-state index in [1.54, 1.807) is 12.1 Å². The van der Waals surface area contributed by atoms with Crippen LogP contribution in [0.1, 0.15) is 67.8 Å². The molecule has 1 aromatic carbocycles. The van der Waals surface area contributed by atoms with Crippen LogP contribution in [0.15, 0.2) is 24.3 Å². The van der Waals surface area contributed by atoms with Crippen LogP contribution in [0.25, 0.3) is 0 Å². The summed E-state index contributed by atoms with van der Waals surface area (Å²) in [6, 6.07) is 7.29. The lowest BCUT2D eigenvalue weighted by Gasteiger charge is -2.03. The fourth-order valence-electron chi connectivity index (χ4n) is 2.15. The normalized spacial score (nSPS) is 10.5. The second-order valence-corrected chi connectivity index (χ2v) is 4.88. The third kappa shape index (κ3) is 5.85. The van der Waals surface area contributed by atoms with Crippen molar-refractivity contribution in [2.24, 2.45) is 0 Å². The van der Waals surface area contributed by atoms with Crippen LogP contribution in [-0.2, 0) is 6.42 Å². The summed E-state index contributed by atoms with van der Waals surface area (Å²) in [5.74, 6) is -0.837. The van der Waals surface area contributed by atoms with Gasteiger partial charge in [0.1, 0.15) is 0 Å². The number of aryl methyl sites for hydroxylation is 1. The fourth-order valence-corrected chi connectivity index (χ4v) is 2.15. The van der Waals surface area contributed by atoms with Crippen LogP contribution >= 0.6 is 0 Å². The Morgan fingerprint density at radius 3 is 2.39 bits per heavy atom. The summed E-state index contributed by atoms with van der Waals surface area (Å²) in [6.45, 7) is 2.23. The van der Waals surface area contributed by atoms with Gasteiger partial charge < -0.3 is 5.11 Å². The first kappa shape index (κ1) is 14.7. The van der Waals surface area contributed by atoms with Gasteiger partial charge in [0, 0.05) is 0 Å². The first-order valence-corrected chi connectivity index (χ1v) is 7.06. The summed E-state index contributed by atoms with van der Waals surface area (Å²) in [7, 11) is 0. The molecule has 0 bridgehead atoms. The molecule has 1 aromatic rings. The van der Waals surface area contributed by atoms with Gasteiger partial charge in [0.15, 0.2) is 0 Å². The fraction of sp³-hybridized carbons (Fsp3) is 0.562. The largest absolute Gasteiger partial charge is 0.478 e. The second kappa shape index (κ2) is 8.73. The van der Waals surface area contributed by atoms with E-state index in [4.69, 9.17) is 5.11 Å². The zero-order valence-corrected chi connectivity index (χ0v) is 11.3. The zero-order valence-electron chi connectivity index (χ0n) is 11.3. The molecule has 0 aliphatic rings. The zero-order chi connectivity index (χ0) is 13.2. The van der Waals surface area contributed by atoms with Gasteiger partial charge in [-0.2, -0.15) is 0 Å². The van der Waals surface area contributed by atoms with Crippen LogP contribution in [0, 0.1) is 0 Å². The minimum atomic E-state index is -0.837. The van der Waals surface area contributed by atoms with Crippen molar-refractivity contribution in [3.8, 4) is 0 Å². The average Bonchev–Trinajstić information content (AvgIpc) is 2.38. The molecular formula is C16H24O2. The number of benzene rings is 1. The van der Waals surface area contributed by atoms with E-state index in [0.717, 1.165) is 18.4 Å². The average molecular weight is 248 g/mol. The number of hydrogen-bond donors (Lipinski definition) is 1. The van der Waals surface area contributed by atoms with E-state index in [9.17, 15) is 4.79 Å². The number of carbonyl (C=O) groups is 1. The van der Waals surface area contributed by atoms with Crippen LogP contribution in [0.3, 0.4) is 0 Å². The Bertz CT molecular complexity index is 358. The molecule has 1 rings (SSSR count). The molecule has 0 aliphatic heterocycles. The standard InChI is InChI=1S/C16H24O2/c1-2-3-4-5-6-7-8-10-14-11-9-12-15(13-14)16(17)18/h9,11-13H,2-8,10H2,1H3,(H,17,18). The van der Waals surface area contributed by atoms with E-state index < -0.39 is 5.97 Å². The number of carboxylic acids is 1. The molecule has 100 valence electrons. The summed E-state index contributed by atoms with van der Waals surface area (Å²) in [5, 5.41) is 8.90. The Balaban J connectivity index is 2.19. The Morgan fingerprint density at radius 1 is 1.06 bits per heavy atom. The lowest BCUT2D eigenvalue weighted by molar-refractivity contribution is 0.0697. The highest BCUT2D eigenvalue weighted by Gasteiger charge is 2.02. The minimum Gasteiger partial charge on any atom is -0.478 e. The molecule has 0 amide bonds. The molecule has 18 heavy (non-hydrogen) atoms. The predicted octanol–water partition coefficient (Wildman–Crippen LogP) is 4.68. The van der Waals surface area contributed by atoms with Gasteiger partial charge in [-0.15, -0.1) is 0 Å². The highest BCUT2D eigenvalue weighted by atomic mass is 16.4. The van der Waals surface area contributed by atoms with Gasteiger partial charge >= 0.3 is 5.97 Å². The SMILES string of the molecule is CCCCCCCCCc1cccc(C(=O)O)c1. The highest BCUT2D eigenvalue weighted by Crippen LogP contribution is 2.12. The summed E-state index contributed by atoms with van der Waals surface area (Å²) in [5.41, 5.74) is 1.54. The number of unbranched alkanes of at least 4 members (excludes halogenated alkanes) is 6. The summed E-state index contributed by atoms with van der Waals surface area (Å²) in [4.78, 5) is 10.8. The van der Waals surface area contributed by atoms with Crippen molar-refractivity contribution in [1.82, 2.24) is 0 Å². The molecule has 0 aromatic heterocycles. The number of aromatic carboxylic acids is 1. The molecule has 1 N–H and O–H groups in total. The highest BCUT2D eigenvalue weighted by molar-refractivity contribution is 5.87. The van der Waals surface area contributed by atoms with Crippen molar-refractivity contribution in [3.05, 3.63) is 35.4 Å². The minimum absolute atomic E-state index is 0.399. The van der Waals surface area contributed by atoms with Crippen molar-refractivity contribution in [1.29, 1.82) is 0 Å². The second-order valence-electron chi connectivity index (χ2n) is 4.88. The van der Waals surface area contributed by atoms with Crippen molar-refractivity contribution < 1.29 is 9.90 Å². The van der Waals surface area contributed by atoms with E-state index in [0.29, 0.717) is 5.56 Å². The van der Waals surface area contributed by atoms with Crippen LogP contribution in [0.4, 0.5) is 0 Å². The maximum Gasteiger partial charge on any atom is 0.335 e. The Hall–Kier alpha value is -1.31. The molecule has 0 aliphatic carbocycles. The van der Waals surface area contributed by atoms with Crippen molar-refractivity contribution in [3.63, 3.8) is 0 Å². The van der Waals surface area contributed by atoms with E-state index in [1.807, 2.05) is 12.1 Å². The van der Waals surface area contributed by atoms with Gasteiger partial charge in [-0.05, 0) is 30.5 Å². The third-order valence-electron chi connectivity index (χ3n) is 3.24. The van der Waals surface area contributed by atoms with E-state index >= 15 is 0 Å². The van der Waals surface area contributed by atoms with Gasteiger partial charge in [0.05, 0.1) is 5.56 Å². The monoisotopic (exact) mass is 248 g/mol. The van der Waals surface area contributed by atoms with E-state index in [-0.39, 0.29) is 0 Å². The van der Waals surface area contributed by atoms with Crippen LogP contribution < -0.4 is 0 Å². The number of hydrogen-bond acceptors (Lipinski definition) is 1. The summed E-state index contributed by atoms with van der Waals surface area (Å²) < 4.78 is 0. The molecule has 0 saturated heterocycles. The van der Waals surface area contributed by atoms with Crippen molar-refractivity contribution in [2.45, 2.75) is 58.3 Å². The quantitative estimate of drug-likeness (QED) is 0.644. The molecule has 0 unspecified atom stereocenters. The first-order valence-electron chi connectivity index (χ1n) is 7.06. The van der Waals surface area contributed by atoms with Gasteiger partial charge in [-0.25, -0.2) is 4.79 Å². The van der Waals surface area contributed by atoms with Crippen LogP contribution in [0.5, 0.6) is 0 Å². The van der Waals surface area contributed by atoms with Gasteiger partial charge in [0.2, 0.25) is 0 Å². The molecule has 0 saturated carbocycles. The Kier molecular flexibility index (Phi) is 7.16. The maximum atomic E-state index is 10.8. The Labute approximate surface area is 110 Å². The predicted molar refractivity (Wildman–Crippen MR) is 75.1 cm³/mol. The molecule has 0 atom stereocenters. The molecule has 2 nitrogen and oxygen atoms in total. The third-order valence-corrected chi connectivity index (χ3v) is 3.24. The van der Waals surface area contributed by atoms with Crippen LogP contribution in [0.2, 0.25) is 0 Å². The Morgan fingerprint density at radius 2 is 1.72 bits per heavy atom. The topological polar surface area (TPSA) is 37.3 Å². The van der Waals surface area contributed by atoms with Gasteiger partial charge in [-0.3, -0.25) is 0 Å². The number of rotatable bonds is 9. The van der Waals surface area contributed by atoms with Gasteiger partial charge in [0.25, 0.3) is 0 Å². The lowest BCUT2D eigenvalue weighted by Crippen LogP contribution is -1.97. The summed E-state index contributed by atoms with van der Waals surface area (Å²) >= 11 is 0. The molecular weight excluding hydrogens is 224 g/mol. The number of carboxylic acid groups (broad SMARTS) is 1. The van der Waals surface area contributed by atoms with Gasteiger partial charge in [-0.1, -0.05) is 57.6 Å². The molecule has 0 spiro atoms. The summed E-state index contributed by atoms with van der Waals surface area (Å²) in [6.07, 6.45) is 10.0. The lowest BCUT2D eigenvalue weighted by atomic mass is 10.0. The smallest absolute Gasteiger partial charge is 0.335 e. The molecule has 0 radical (unpaired) electrons. The first-order chi connectivity index (χ1) is 8.74. The maximum absolute atomic E-state index is 10.8. The molecule has 0 fully saturated rings. The van der Waals surface area contributed by atoms with E-state index in [1.165, 1.54) is 38.5 Å². The van der Waals surface area contributed by atoms with E-state index in [2.05, 4.69) is 6.92 Å². The van der Waals surface area contributed by atoms with Crippen molar-refractivity contribution in [2.75, 3.05) is 0 Å². The van der Waals surface area contributed by atoms with Crippen molar-refractivity contribution >= 4 is 5.97 Å².